The van der Waals surface area contributed by atoms with Gasteiger partial charge in [0.25, 0.3) is 0 Å². The lowest BCUT2D eigenvalue weighted by Crippen LogP contribution is -2.37. The number of amides is 2. The first-order valence-corrected chi connectivity index (χ1v) is 7.74. The Morgan fingerprint density at radius 1 is 1.25 bits per heavy atom. The van der Waals surface area contributed by atoms with Gasteiger partial charge in [0.1, 0.15) is 5.82 Å². The lowest BCUT2D eigenvalue weighted by atomic mass is 10.1. The molecule has 0 aliphatic heterocycles. The standard InChI is InChI=1S/C17H20N6O/c1-13(21-17(24)19-12-16-18-8-10-22(16)2)14-5-3-6-15(11-14)23-9-4-7-20-23/h3-11,13H,12H2,1-2H3,(H2,19,21,24)/t13-/m0/s1. The van der Waals surface area contributed by atoms with Crippen molar-refractivity contribution in [3.63, 3.8) is 0 Å². The number of nitrogens with one attached hydrogen (secondary N) is 2. The summed E-state index contributed by atoms with van der Waals surface area (Å²) in [4.78, 5) is 16.2. The molecule has 0 aliphatic rings. The van der Waals surface area contributed by atoms with E-state index >= 15 is 0 Å². The molecule has 0 spiro atoms. The third-order valence-electron chi connectivity index (χ3n) is 3.81. The van der Waals surface area contributed by atoms with Gasteiger partial charge in [-0.15, -0.1) is 0 Å². The van der Waals surface area contributed by atoms with Gasteiger partial charge < -0.3 is 15.2 Å². The van der Waals surface area contributed by atoms with Crippen LogP contribution in [0.4, 0.5) is 4.79 Å². The summed E-state index contributed by atoms with van der Waals surface area (Å²) in [6.07, 6.45) is 7.17. The van der Waals surface area contributed by atoms with Crippen LogP contribution in [0.1, 0.15) is 24.4 Å². The molecule has 24 heavy (non-hydrogen) atoms. The molecule has 2 aromatic heterocycles. The maximum absolute atomic E-state index is 12.1. The summed E-state index contributed by atoms with van der Waals surface area (Å²) in [5.74, 6) is 0.804. The van der Waals surface area contributed by atoms with Crippen molar-refractivity contribution in [2.45, 2.75) is 19.5 Å². The molecular formula is C17H20N6O. The number of benzene rings is 1. The molecule has 0 fully saturated rings. The van der Waals surface area contributed by atoms with E-state index in [4.69, 9.17) is 0 Å². The van der Waals surface area contributed by atoms with E-state index < -0.39 is 0 Å². The number of carbonyl (C=O) groups excluding carboxylic acids is 1. The van der Waals surface area contributed by atoms with Gasteiger partial charge in [0.05, 0.1) is 18.3 Å². The zero-order chi connectivity index (χ0) is 16.9. The number of imidazole rings is 1. The number of hydrogen-bond donors (Lipinski definition) is 2. The van der Waals surface area contributed by atoms with Crippen molar-refractivity contribution in [2.24, 2.45) is 7.05 Å². The van der Waals surface area contributed by atoms with Crippen LogP contribution in [0.5, 0.6) is 0 Å². The molecule has 0 saturated carbocycles. The molecule has 124 valence electrons. The first-order chi connectivity index (χ1) is 11.6. The SMILES string of the molecule is C[C@H](NC(=O)NCc1nccn1C)c1cccc(-n2cccn2)c1. The van der Waals surface area contributed by atoms with Crippen LogP contribution in [0.2, 0.25) is 0 Å². The van der Waals surface area contributed by atoms with Gasteiger partial charge in [0, 0.05) is 31.8 Å². The van der Waals surface area contributed by atoms with Crippen LogP contribution < -0.4 is 10.6 Å². The van der Waals surface area contributed by atoms with Crippen LogP contribution >= 0.6 is 0 Å². The van der Waals surface area contributed by atoms with Crippen LogP contribution in [-0.2, 0) is 13.6 Å². The van der Waals surface area contributed by atoms with Gasteiger partial charge in [-0.2, -0.15) is 5.10 Å². The summed E-state index contributed by atoms with van der Waals surface area (Å²) in [7, 11) is 1.89. The minimum absolute atomic E-state index is 0.123. The topological polar surface area (TPSA) is 76.8 Å². The first kappa shape index (κ1) is 15.8. The van der Waals surface area contributed by atoms with Crippen LogP contribution in [0.15, 0.2) is 55.1 Å². The number of hydrogen-bond acceptors (Lipinski definition) is 3. The fourth-order valence-corrected chi connectivity index (χ4v) is 2.42. The van der Waals surface area contributed by atoms with Crippen LogP contribution in [-0.4, -0.2) is 25.4 Å². The van der Waals surface area contributed by atoms with Crippen molar-refractivity contribution in [1.82, 2.24) is 30.0 Å². The molecule has 1 aromatic carbocycles. The van der Waals surface area contributed by atoms with Crippen LogP contribution in [0, 0.1) is 0 Å². The molecule has 2 amide bonds. The summed E-state index contributed by atoms with van der Waals surface area (Å²) < 4.78 is 3.66. The molecule has 2 N–H and O–H groups in total. The predicted octanol–water partition coefficient (Wildman–Crippen LogP) is 2.17. The molecule has 7 nitrogen and oxygen atoms in total. The number of aromatic nitrogens is 4. The number of aryl methyl sites for hydroxylation is 1. The van der Waals surface area contributed by atoms with Gasteiger partial charge in [0.15, 0.2) is 0 Å². The third-order valence-corrected chi connectivity index (χ3v) is 3.81. The normalized spacial score (nSPS) is 11.9. The number of nitrogens with zero attached hydrogens (tertiary/aromatic N) is 4. The van der Waals surface area contributed by atoms with E-state index in [2.05, 4.69) is 20.7 Å². The van der Waals surface area contributed by atoms with E-state index in [0.29, 0.717) is 6.54 Å². The summed E-state index contributed by atoms with van der Waals surface area (Å²) in [5, 5.41) is 9.97. The third kappa shape index (κ3) is 3.62. The molecule has 3 rings (SSSR count). The zero-order valence-corrected chi connectivity index (χ0v) is 13.7. The summed E-state index contributed by atoms with van der Waals surface area (Å²) in [5.41, 5.74) is 1.97. The van der Waals surface area contributed by atoms with E-state index in [-0.39, 0.29) is 12.1 Å². The average molecular weight is 324 g/mol. The summed E-state index contributed by atoms with van der Waals surface area (Å²) >= 11 is 0. The highest BCUT2D eigenvalue weighted by atomic mass is 16.2. The minimum Gasteiger partial charge on any atom is -0.337 e. The van der Waals surface area contributed by atoms with Gasteiger partial charge in [-0.3, -0.25) is 0 Å². The van der Waals surface area contributed by atoms with Gasteiger partial charge in [-0.25, -0.2) is 14.5 Å². The molecular weight excluding hydrogens is 304 g/mol. The van der Waals surface area contributed by atoms with Crippen molar-refractivity contribution < 1.29 is 4.79 Å². The quantitative estimate of drug-likeness (QED) is 0.755. The van der Waals surface area contributed by atoms with Gasteiger partial charge >= 0.3 is 6.03 Å². The number of carbonyl (C=O) groups is 1. The zero-order valence-electron chi connectivity index (χ0n) is 13.7. The van der Waals surface area contributed by atoms with Gasteiger partial charge in [-0.1, -0.05) is 12.1 Å². The maximum Gasteiger partial charge on any atom is 0.315 e. The highest BCUT2D eigenvalue weighted by Crippen LogP contribution is 2.16. The maximum atomic E-state index is 12.1. The smallest absolute Gasteiger partial charge is 0.315 e. The highest BCUT2D eigenvalue weighted by Gasteiger charge is 2.11. The number of rotatable bonds is 5. The van der Waals surface area contributed by atoms with Gasteiger partial charge in [-0.05, 0) is 30.7 Å². The Morgan fingerprint density at radius 3 is 2.83 bits per heavy atom. The van der Waals surface area contributed by atoms with Gasteiger partial charge in [0.2, 0.25) is 0 Å². The van der Waals surface area contributed by atoms with Crippen molar-refractivity contribution in [1.29, 1.82) is 0 Å². The Labute approximate surface area is 140 Å². The Morgan fingerprint density at radius 2 is 2.12 bits per heavy atom. The predicted molar refractivity (Wildman–Crippen MR) is 90.6 cm³/mol. The molecule has 3 aromatic rings. The summed E-state index contributed by atoms with van der Waals surface area (Å²) in [6.45, 7) is 2.33. The minimum atomic E-state index is -0.227. The second-order valence-corrected chi connectivity index (χ2v) is 5.55. The first-order valence-electron chi connectivity index (χ1n) is 7.74. The Balaban J connectivity index is 1.60. The lowest BCUT2D eigenvalue weighted by Gasteiger charge is -2.16. The van der Waals surface area contributed by atoms with Crippen molar-refractivity contribution in [3.8, 4) is 5.69 Å². The molecule has 0 bridgehead atoms. The van der Waals surface area contributed by atoms with Crippen LogP contribution in [0.3, 0.4) is 0 Å². The number of urea groups is 1. The van der Waals surface area contributed by atoms with Crippen molar-refractivity contribution in [2.75, 3.05) is 0 Å². The lowest BCUT2D eigenvalue weighted by molar-refractivity contribution is 0.237. The molecule has 7 heteroatoms. The molecule has 0 aliphatic carbocycles. The average Bonchev–Trinajstić information content (AvgIpc) is 3.25. The van der Waals surface area contributed by atoms with Crippen molar-refractivity contribution in [3.05, 3.63) is 66.5 Å². The molecule has 0 unspecified atom stereocenters. The Kier molecular flexibility index (Phi) is 4.60. The molecule has 2 heterocycles. The second kappa shape index (κ2) is 6.99. The molecule has 1 atom stereocenters. The molecule has 0 radical (unpaired) electrons. The monoisotopic (exact) mass is 324 g/mol. The van der Waals surface area contributed by atoms with E-state index in [1.54, 1.807) is 17.1 Å². The van der Waals surface area contributed by atoms with E-state index in [1.165, 1.54) is 0 Å². The van der Waals surface area contributed by atoms with Crippen LogP contribution in [0.25, 0.3) is 5.69 Å². The molecule has 0 saturated heterocycles. The highest BCUT2D eigenvalue weighted by molar-refractivity contribution is 5.74. The van der Waals surface area contributed by atoms with E-state index in [0.717, 1.165) is 17.1 Å². The Bertz CT molecular complexity index is 808. The van der Waals surface area contributed by atoms with Crippen molar-refractivity contribution >= 4 is 6.03 Å². The fraction of sp³-hybridized carbons (Fsp3) is 0.235. The summed E-state index contributed by atoms with van der Waals surface area (Å²) in [6, 6.07) is 9.45. The van der Waals surface area contributed by atoms with E-state index in [1.807, 2.05) is 61.3 Å². The second-order valence-electron chi connectivity index (χ2n) is 5.55. The fourth-order valence-electron chi connectivity index (χ4n) is 2.42. The largest absolute Gasteiger partial charge is 0.337 e. The van der Waals surface area contributed by atoms with E-state index in [9.17, 15) is 4.79 Å². The Hall–Kier alpha value is -3.09.